The van der Waals surface area contributed by atoms with E-state index in [-0.39, 0.29) is 0 Å². The zero-order chi connectivity index (χ0) is 15.2. The highest BCUT2D eigenvalue weighted by Crippen LogP contribution is 2.16. The van der Waals surface area contributed by atoms with Crippen molar-refractivity contribution in [1.29, 1.82) is 0 Å². The number of halogens is 1. The summed E-state index contributed by atoms with van der Waals surface area (Å²) >= 11 is 5.86. The Hall–Kier alpha value is -1.32. The highest BCUT2D eigenvalue weighted by atomic mass is 35.5. The van der Waals surface area contributed by atoms with E-state index in [0.29, 0.717) is 18.9 Å². The van der Waals surface area contributed by atoms with Gasteiger partial charge in [0, 0.05) is 17.6 Å². The van der Waals surface area contributed by atoms with E-state index in [2.05, 4.69) is 18.9 Å². The van der Waals surface area contributed by atoms with Crippen molar-refractivity contribution in [2.75, 3.05) is 0 Å². The van der Waals surface area contributed by atoms with Crippen LogP contribution in [-0.4, -0.2) is 21.0 Å². The fourth-order valence-corrected chi connectivity index (χ4v) is 2.68. The van der Waals surface area contributed by atoms with E-state index in [9.17, 15) is 5.11 Å². The Bertz CT molecular complexity index is 546. The van der Waals surface area contributed by atoms with Gasteiger partial charge in [0.2, 0.25) is 0 Å². The van der Waals surface area contributed by atoms with Crippen molar-refractivity contribution in [2.24, 2.45) is 0 Å². The van der Waals surface area contributed by atoms with Gasteiger partial charge in [-0.2, -0.15) is 5.10 Å². The first kappa shape index (κ1) is 16.1. The third-order valence-electron chi connectivity index (χ3n) is 3.81. The SMILES string of the molecule is CCC(CC)n1ccc(CC(O)Cc2ccc(Cl)cc2)n1. The van der Waals surface area contributed by atoms with Crippen molar-refractivity contribution in [2.45, 2.75) is 51.7 Å². The van der Waals surface area contributed by atoms with Crippen LogP contribution in [0, 0.1) is 0 Å². The molecular formula is C17H23ClN2O. The summed E-state index contributed by atoms with van der Waals surface area (Å²) in [6.07, 6.45) is 4.94. The van der Waals surface area contributed by atoms with Crippen molar-refractivity contribution >= 4 is 11.6 Å². The fourth-order valence-electron chi connectivity index (χ4n) is 2.56. The van der Waals surface area contributed by atoms with E-state index in [0.717, 1.165) is 29.1 Å². The molecule has 0 aliphatic rings. The first-order valence-corrected chi connectivity index (χ1v) is 7.96. The Morgan fingerprint density at radius 3 is 2.38 bits per heavy atom. The van der Waals surface area contributed by atoms with Gasteiger partial charge >= 0.3 is 0 Å². The molecule has 4 heteroatoms. The van der Waals surface area contributed by atoms with Crippen LogP contribution < -0.4 is 0 Å². The average Bonchev–Trinajstić information content (AvgIpc) is 2.91. The second-order valence-corrected chi connectivity index (χ2v) is 5.88. The van der Waals surface area contributed by atoms with Crippen molar-refractivity contribution < 1.29 is 5.11 Å². The topological polar surface area (TPSA) is 38.0 Å². The molecule has 0 saturated heterocycles. The van der Waals surface area contributed by atoms with Gasteiger partial charge in [0.25, 0.3) is 0 Å². The molecule has 0 spiro atoms. The van der Waals surface area contributed by atoms with Crippen molar-refractivity contribution in [3.05, 3.63) is 52.8 Å². The number of nitrogens with zero attached hydrogens (tertiary/aromatic N) is 2. The van der Waals surface area contributed by atoms with Gasteiger partial charge in [-0.1, -0.05) is 37.6 Å². The summed E-state index contributed by atoms with van der Waals surface area (Å²) in [4.78, 5) is 0. The Kier molecular flexibility index (Phi) is 5.83. The summed E-state index contributed by atoms with van der Waals surface area (Å²) in [6.45, 7) is 4.34. The predicted octanol–water partition coefficient (Wildman–Crippen LogP) is 4.04. The van der Waals surface area contributed by atoms with Crippen molar-refractivity contribution in [3.8, 4) is 0 Å². The molecule has 1 atom stereocenters. The summed E-state index contributed by atoms with van der Waals surface area (Å²) in [5.74, 6) is 0. The third-order valence-corrected chi connectivity index (χ3v) is 4.06. The fraction of sp³-hybridized carbons (Fsp3) is 0.471. The van der Waals surface area contributed by atoms with E-state index >= 15 is 0 Å². The molecule has 0 fully saturated rings. The minimum Gasteiger partial charge on any atom is -0.392 e. The number of rotatable bonds is 7. The predicted molar refractivity (Wildman–Crippen MR) is 86.7 cm³/mol. The van der Waals surface area contributed by atoms with Crippen LogP contribution in [0.25, 0.3) is 0 Å². The lowest BCUT2D eigenvalue weighted by Crippen LogP contribution is -2.15. The van der Waals surface area contributed by atoms with Crippen LogP contribution in [-0.2, 0) is 12.8 Å². The van der Waals surface area contributed by atoms with Gasteiger partial charge in [0.05, 0.1) is 17.8 Å². The maximum absolute atomic E-state index is 10.2. The standard InChI is InChI=1S/C17H23ClN2O/c1-3-16(4-2)20-10-9-15(19-20)12-17(21)11-13-5-7-14(18)8-6-13/h5-10,16-17,21H,3-4,11-12H2,1-2H3. The summed E-state index contributed by atoms with van der Waals surface area (Å²) in [6, 6.07) is 10.1. The molecule has 0 amide bonds. The van der Waals surface area contributed by atoms with Crippen LogP contribution in [0.15, 0.2) is 36.5 Å². The van der Waals surface area contributed by atoms with Gasteiger partial charge in [0.15, 0.2) is 0 Å². The summed E-state index contributed by atoms with van der Waals surface area (Å²) in [5, 5.41) is 15.5. The summed E-state index contributed by atoms with van der Waals surface area (Å²) in [5.41, 5.74) is 2.04. The lowest BCUT2D eigenvalue weighted by molar-refractivity contribution is 0.173. The molecule has 0 aliphatic heterocycles. The molecule has 114 valence electrons. The van der Waals surface area contributed by atoms with Gasteiger partial charge in [-0.05, 0) is 43.0 Å². The van der Waals surface area contributed by atoms with Gasteiger partial charge < -0.3 is 5.11 Å². The number of hydrogen-bond acceptors (Lipinski definition) is 2. The number of aromatic nitrogens is 2. The molecule has 1 N–H and O–H groups in total. The van der Waals surface area contributed by atoms with Crippen molar-refractivity contribution in [3.63, 3.8) is 0 Å². The second-order valence-electron chi connectivity index (χ2n) is 5.45. The smallest absolute Gasteiger partial charge is 0.0650 e. The molecule has 0 bridgehead atoms. The molecule has 3 nitrogen and oxygen atoms in total. The van der Waals surface area contributed by atoms with E-state index in [1.54, 1.807) is 0 Å². The van der Waals surface area contributed by atoms with Crippen LogP contribution in [0.4, 0.5) is 0 Å². The van der Waals surface area contributed by atoms with Crippen LogP contribution in [0.2, 0.25) is 5.02 Å². The molecule has 0 saturated carbocycles. The largest absolute Gasteiger partial charge is 0.392 e. The summed E-state index contributed by atoms with van der Waals surface area (Å²) in [7, 11) is 0. The minimum absolute atomic E-state index is 0.420. The van der Waals surface area contributed by atoms with Crippen LogP contribution in [0.3, 0.4) is 0 Å². The molecule has 2 rings (SSSR count). The lowest BCUT2D eigenvalue weighted by Gasteiger charge is -2.13. The zero-order valence-electron chi connectivity index (χ0n) is 12.7. The molecule has 1 heterocycles. The lowest BCUT2D eigenvalue weighted by atomic mass is 10.0. The first-order chi connectivity index (χ1) is 10.1. The molecule has 0 aliphatic carbocycles. The normalized spacial score (nSPS) is 12.8. The molecule has 1 aromatic heterocycles. The van der Waals surface area contributed by atoms with Gasteiger partial charge in [-0.15, -0.1) is 0 Å². The number of aliphatic hydroxyl groups is 1. The van der Waals surface area contributed by atoms with Gasteiger partial charge in [0.1, 0.15) is 0 Å². The maximum Gasteiger partial charge on any atom is 0.0650 e. The Labute approximate surface area is 131 Å². The number of hydrogen-bond donors (Lipinski definition) is 1. The molecule has 2 aromatic rings. The molecule has 1 aromatic carbocycles. The van der Waals surface area contributed by atoms with Crippen molar-refractivity contribution in [1.82, 2.24) is 9.78 Å². The van der Waals surface area contributed by atoms with E-state index < -0.39 is 6.10 Å². The summed E-state index contributed by atoms with van der Waals surface area (Å²) < 4.78 is 2.02. The van der Waals surface area contributed by atoms with E-state index in [4.69, 9.17) is 11.6 Å². The van der Waals surface area contributed by atoms with E-state index in [1.807, 2.05) is 41.2 Å². The number of benzene rings is 1. The molecule has 21 heavy (non-hydrogen) atoms. The van der Waals surface area contributed by atoms with Crippen LogP contribution in [0.1, 0.15) is 44.0 Å². The maximum atomic E-state index is 10.2. The highest BCUT2D eigenvalue weighted by molar-refractivity contribution is 6.30. The van der Waals surface area contributed by atoms with Crippen LogP contribution in [0.5, 0.6) is 0 Å². The minimum atomic E-state index is -0.420. The molecule has 0 radical (unpaired) electrons. The molecule has 1 unspecified atom stereocenters. The monoisotopic (exact) mass is 306 g/mol. The Morgan fingerprint density at radius 2 is 1.76 bits per heavy atom. The second kappa shape index (κ2) is 7.62. The number of aliphatic hydroxyl groups excluding tert-OH is 1. The zero-order valence-corrected chi connectivity index (χ0v) is 13.4. The Balaban J connectivity index is 1.93. The highest BCUT2D eigenvalue weighted by Gasteiger charge is 2.12. The quantitative estimate of drug-likeness (QED) is 0.838. The Morgan fingerprint density at radius 1 is 1.10 bits per heavy atom. The first-order valence-electron chi connectivity index (χ1n) is 7.58. The third kappa shape index (κ3) is 4.58. The van der Waals surface area contributed by atoms with Gasteiger partial charge in [-0.3, -0.25) is 4.68 Å². The molecular weight excluding hydrogens is 284 g/mol. The van der Waals surface area contributed by atoms with Crippen LogP contribution >= 0.6 is 11.6 Å². The van der Waals surface area contributed by atoms with E-state index in [1.165, 1.54) is 0 Å². The average molecular weight is 307 g/mol. The van der Waals surface area contributed by atoms with Gasteiger partial charge in [-0.25, -0.2) is 0 Å².